The van der Waals surface area contributed by atoms with E-state index in [1.165, 1.54) is 0 Å². The molecule has 8 heteroatoms. The first-order chi connectivity index (χ1) is 12.8. The number of pyridine rings is 1. The summed E-state index contributed by atoms with van der Waals surface area (Å²) in [7, 11) is -1.26. The number of nitriles is 1. The van der Waals surface area contributed by atoms with Gasteiger partial charge in [-0.1, -0.05) is 6.07 Å². The van der Waals surface area contributed by atoms with E-state index in [-0.39, 0.29) is 11.3 Å². The molecule has 0 saturated heterocycles. The number of aromatic nitrogens is 1. The first-order valence-electron chi connectivity index (χ1n) is 7.93. The number of amides is 1. The van der Waals surface area contributed by atoms with E-state index in [2.05, 4.69) is 10.3 Å². The quantitative estimate of drug-likeness (QED) is 0.639. The van der Waals surface area contributed by atoms with Crippen LogP contribution in [0.5, 0.6) is 0 Å². The van der Waals surface area contributed by atoms with Crippen molar-refractivity contribution in [2.24, 2.45) is 5.73 Å². The number of H-pyrrole nitrogens is 1. The minimum atomic E-state index is -1.26. The number of nitrogens with zero attached hydrogens (tertiary/aromatic N) is 1. The number of anilines is 2. The molecule has 0 bridgehead atoms. The Morgan fingerprint density at radius 2 is 2.04 bits per heavy atom. The number of aryl methyl sites for hydroxylation is 1. The van der Waals surface area contributed by atoms with Gasteiger partial charge in [-0.25, -0.2) is 0 Å². The van der Waals surface area contributed by atoms with Gasteiger partial charge in [0.25, 0.3) is 11.5 Å². The molecule has 4 N–H and O–H groups in total. The van der Waals surface area contributed by atoms with Crippen LogP contribution in [-0.2, 0) is 10.8 Å². The summed E-state index contributed by atoms with van der Waals surface area (Å²) >= 11 is 0. The van der Waals surface area contributed by atoms with E-state index in [1.807, 2.05) is 6.07 Å². The molecule has 0 aliphatic rings. The van der Waals surface area contributed by atoms with Crippen LogP contribution in [0, 0.1) is 18.3 Å². The number of fused-ring (bicyclic) bond motifs is 1. The van der Waals surface area contributed by atoms with E-state index in [4.69, 9.17) is 11.0 Å². The first-order valence-corrected chi connectivity index (χ1v) is 9.48. The third-order valence-electron chi connectivity index (χ3n) is 4.13. The van der Waals surface area contributed by atoms with Gasteiger partial charge >= 0.3 is 0 Å². The summed E-state index contributed by atoms with van der Waals surface area (Å²) in [5.41, 5.74) is 6.96. The van der Waals surface area contributed by atoms with Gasteiger partial charge in [-0.05, 0) is 42.8 Å². The van der Waals surface area contributed by atoms with Gasteiger partial charge < -0.3 is 16.0 Å². The van der Waals surface area contributed by atoms with Crippen molar-refractivity contribution in [3.8, 4) is 6.07 Å². The smallest absolute Gasteiger partial charge is 0.263 e. The molecule has 0 aliphatic carbocycles. The number of hydrogen-bond donors (Lipinski definition) is 3. The molecule has 3 aromatic rings. The number of rotatable bonds is 4. The van der Waals surface area contributed by atoms with Gasteiger partial charge in [-0.2, -0.15) is 5.26 Å². The standard InChI is InChI=1S/C19H16N4O3S/c1-10-6-13(27(2)26)8-14-16(10)23-19(25)15(18(21)24)17(14)22-12-5-3-4-11(7-12)9-20/h3-8H,1-2H3,(H2,21,24)(H2,22,23,25). The lowest BCUT2D eigenvalue weighted by Gasteiger charge is -2.15. The summed E-state index contributed by atoms with van der Waals surface area (Å²) in [6.45, 7) is 1.78. The van der Waals surface area contributed by atoms with E-state index in [1.54, 1.807) is 49.6 Å². The highest BCUT2D eigenvalue weighted by Gasteiger charge is 2.19. The molecule has 1 unspecified atom stereocenters. The number of carbonyl (C=O) groups is 1. The Labute approximate surface area is 157 Å². The van der Waals surface area contributed by atoms with Gasteiger partial charge in [0.2, 0.25) is 0 Å². The topological polar surface area (TPSA) is 129 Å². The van der Waals surface area contributed by atoms with Crippen LogP contribution >= 0.6 is 0 Å². The van der Waals surface area contributed by atoms with Crippen molar-refractivity contribution in [2.75, 3.05) is 11.6 Å². The maximum absolute atomic E-state index is 12.5. The molecule has 1 atom stereocenters. The lowest BCUT2D eigenvalue weighted by Crippen LogP contribution is -2.25. The fourth-order valence-electron chi connectivity index (χ4n) is 2.88. The van der Waals surface area contributed by atoms with Gasteiger partial charge in [0.05, 0.1) is 22.8 Å². The number of hydrogen-bond acceptors (Lipinski definition) is 5. The number of nitrogens with one attached hydrogen (secondary N) is 2. The van der Waals surface area contributed by atoms with Crippen molar-refractivity contribution in [3.05, 3.63) is 63.4 Å². The number of carbonyl (C=O) groups excluding carboxylic acids is 1. The van der Waals surface area contributed by atoms with Crippen LogP contribution in [0.4, 0.5) is 11.4 Å². The summed E-state index contributed by atoms with van der Waals surface area (Å²) in [5.74, 6) is -0.891. The molecule has 1 aromatic heterocycles. The molecule has 3 rings (SSSR count). The Morgan fingerprint density at radius 3 is 2.67 bits per heavy atom. The van der Waals surface area contributed by atoms with Crippen LogP contribution in [0.15, 0.2) is 46.1 Å². The molecule has 0 spiro atoms. The Balaban J connectivity index is 2.37. The predicted molar refractivity (Wildman–Crippen MR) is 105 cm³/mol. The highest BCUT2D eigenvalue weighted by atomic mass is 32.2. The maximum Gasteiger partial charge on any atom is 0.263 e. The van der Waals surface area contributed by atoms with Crippen LogP contribution in [-0.4, -0.2) is 21.4 Å². The SMILES string of the molecule is Cc1cc(S(C)=O)cc2c(Nc3cccc(C#N)c3)c(C(N)=O)c(=O)[nH]c12. The maximum atomic E-state index is 12.5. The van der Waals surface area contributed by atoms with Gasteiger partial charge in [0.1, 0.15) is 5.56 Å². The van der Waals surface area contributed by atoms with E-state index >= 15 is 0 Å². The molecular weight excluding hydrogens is 364 g/mol. The molecule has 27 heavy (non-hydrogen) atoms. The lowest BCUT2D eigenvalue weighted by molar-refractivity contribution is 0.1000. The normalized spacial score (nSPS) is 11.7. The molecule has 0 aliphatic heterocycles. The molecule has 136 valence electrons. The number of aromatic amines is 1. The molecule has 0 fully saturated rings. The van der Waals surface area contributed by atoms with Crippen LogP contribution in [0.2, 0.25) is 0 Å². The highest BCUT2D eigenvalue weighted by Crippen LogP contribution is 2.31. The minimum Gasteiger partial charge on any atom is -0.365 e. The predicted octanol–water partition coefficient (Wildman–Crippen LogP) is 2.29. The van der Waals surface area contributed by atoms with Gasteiger partial charge in [0, 0.05) is 33.0 Å². The number of benzene rings is 2. The van der Waals surface area contributed by atoms with Crippen LogP contribution in [0.25, 0.3) is 10.9 Å². The number of primary amides is 1. The van der Waals surface area contributed by atoms with E-state index in [0.29, 0.717) is 32.6 Å². The monoisotopic (exact) mass is 380 g/mol. The summed E-state index contributed by atoms with van der Waals surface area (Å²) in [6, 6.07) is 12.0. The second-order valence-corrected chi connectivity index (χ2v) is 7.38. The van der Waals surface area contributed by atoms with Crippen LogP contribution in [0.1, 0.15) is 21.5 Å². The third kappa shape index (κ3) is 3.45. The third-order valence-corrected chi connectivity index (χ3v) is 5.03. The molecule has 7 nitrogen and oxygen atoms in total. The summed E-state index contributed by atoms with van der Waals surface area (Å²) < 4.78 is 12.0. The Morgan fingerprint density at radius 1 is 1.30 bits per heavy atom. The van der Waals surface area contributed by atoms with Crippen molar-refractivity contribution < 1.29 is 9.00 Å². The molecular formula is C19H16N4O3S. The lowest BCUT2D eigenvalue weighted by atomic mass is 10.0. The molecule has 2 aromatic carbocycles. The van der Waals surface area contributed by atoms with Gasteiger partial charge in [-0.15, -0.1) is 0 Å². The second-order valence-electron chi connectivity index (χ2n) is 6.00. The first kappa shape index (κ1) is 18.4. The van der Waals surface area contributed by atoms with E-state index < -0.39 is 22.3 Å². The van der Waals surface area contributed by atoms with Crippen LogP contribution in [0.3, 0.4) is 0 Å². The zero-order valence-corrected chi connectivity index (χ0v) is 15.4. The molecule has 0 radical (unpaired) electrons. The summed E-state index contributed by atoms with van der Waals surface area (Å²) in [5, 5.41) is 12.6. The second kappa shape index (κ2) is 7.05. The van der Waals surface area contributed by atoms with Gasteiger partial charge in [0.15, 0.2) is 0 Å². The zero-order chi connectivity index (χ0) is 19.7. The molecule has 1 amide bonds. The van der Waals surface area contributed by atoms with E-state index in [9.17, 15) is 13.8 Å². The average Bonchev–Trinajstić information content (AvgIpc) is 2.62. The average molecular weight is 380 g/mol. The summed E-state index contributed by atoms with van der Waals surface area (Å²) in [6.07, 6.45) is 1.55. The zero-order valence-electron chi connectivity index (χ0n) is 14.6. The molecule has 1 heterocycles. The summed E-state index contributed by atoms with van der Waals surface area (Å²) in [4.78, 5) is 27.7. The Bertz CT molecular complexity index is 1210. The Kier molecular flexibility index (Phi) is 4.79. The van der Waals surface area contributed by atoms with Crippen molar-refractivity contribution in [3.63, 3.8) is 0 Å². The van der Waals surface area contributed by atoms with Crippen molar-refractivity contribution in [2.45, 2.75) is 11.8 Å². The Hall–Kier alpha value is -3.44. The number of nitrogens with two attached hydrogens (primary N) is 1. The minimum absolute atomic E-state index is 0.215. The fraction of sp³-hybridized carbons (Fsp3) is 0.105. The van der Waals surface area contributed by atoms with Gasteiger partial charge in [-0.3, -0.25) is 13.8 Å². The van der Waals surface area contributed by atoms with Crippen molar-refractivity contribution in [1.29, 1.82) is 5.26 Å². The fourth-order valence-corrected chi connectivity index (χ4v) is 3.51. The highest BCUT2D eigenvalue weighted by molar-refractivity contribution is 7.84. The molecule has 0 saturated carbocycles. The van der Waals surface area contributed by atoms with Crippen molar-refractivity contribution in [1.82, 2.24) is 4.98 Å². The van der Waals surface area contributed by atoms with E-state index in [0.717, 1.165) is 0 Å². The van der Waals surface area contributed by atoms with Crippen LogP contribution < -0.4 is 16.6 Å². The largest absolute Gasteiger partial charge is 0.365 e. The van der Waals surface area contributed by atoms with Crippen molar-refractivity contribution >= 4 is 39.0 Å².